The average molecular weight is 199 g/mol. The number of pyridine rings is 1. The van der Waals surface area contributed by atoms with Gasteiger partial charge in [0.25, 0.3) is 5.82 Å². The molecule has 3 heteroatoms. The van der Waals surface area contributed by atoms with E-state index in [1.54, 1.807) is 0 Å². The minimum absolute atomic E-state index is 0. The summed E-state index contributed by atoms with van der Waals surface area (Å²) in [6.07, 6.45) is 4.79. The third-order valence-corrected chi connectivity index (χ3v) is 2.46. The van der Waals surface area contributed by atoms with Gasteiger partial charge < -0.3 is 12.4 Å². The number of halogens is 1. The third-order valence-electron chi connectivity index (χ3n) is 2.46. The lowest BCUT2D eigenvalue weighted by molar-refractivity contribution is -0.658. The maximum absolute atomic E-state index is 2.44. The fourth-order valence-corrected chi connectivity index (χ4v) is 1.79. The Balaban J connectivity index is 0.000000845. The second-order valence-corrected chi connectivity index (χ2v) is 3.36. The molecule has 1 aliphatic heterocycles. The van der Waals surface area contributed by atoms with Crippen LogP contribution in [-0.4, -0.2) is 13.1 Å². The standard InChI is InChI=1S/C10H15N2.ClH/c1-11-7-3-2-6-10(11)12-8-4-5-9-12;/h2-3,6-7H,4-5,8-9H2,1H3;1H/q+1;/p-1. The highest BCUT2D eigenvalue weighted by molar-refractivity contribution is 5.33. The van der Waals surface area contributed by atoms with Crippen molar-refractivity contribution < 1.29 is 17.0 Å². The molecule has 0 saturated carbocycles. The molecule has 1 aliphatic rings. The largest absolute Gasteiger partial charge is 1.00 e. The molecule has 2 rings (SSSR count). The van der Waals surface area contributed by atoms with Gasteiger partial charge in [-0.2, -0.15) is 0 Å². The number of anilines is 1. The molecule has 0 unspecified atom stereocenters. The maximum Gasteiger partial charge on any atom is 0.276 e. The second kappa shape index (κ2) is 4.47. The van der Waals surface area contributed by atoms with Gasteiger partial charge in [-0.15, -0.1) is 0 Å². The number of aromatic nitrogens is 1. The van der Waals surface area contributed by atoms with Gasteiger partial charge in [0.2, 0.25) is 0 Å². The summed E-state index contributed by atoms with van der Waals surface area (Å²) in [7, 11) is 2.10. The van der Waals surface area contributed by atoms with Crippen LogP contribution in [0.1, 0.15) is 12.8 Å². The molecule has 1 saturated heterocycles. The highest BCUT2D eigenvalue weighted by Crippen LogP contribution is 2.14. The highest BCUT2D eigenvalue weighted by atomic mass is 35.5. The van der Waals surface area contributed by atoms with Crippen molar-refractivity contribution in [3.63, 3.8) is 0 Å². The molecule has 2 nitrogen and oxygen atoms in total. The van der Waals surface area contributed by atoms with Gasteiger partial charge in [0, 0.05) is 6.07 Å². The zero-order valence-corrected chi connectivity index (χ0v) is 8.67. The predicted octanol–water partition coefficient (Wildman–Crippen LogP) is -1.88. The van der Waals surface area contributed by atoms with Crippen LogP contribution in [0.4, 0.5) is 5.82 Å². The van der Waals surface area contributed by atoms with Gasteiger partial charge in [0.15, 0.2) is 0 Å². The molecule has 13 heavy (non-hydrogen) atoms. The van der Waals surface area contributed by atoms with E-state index in [9.17, 15) is 0 Å². The predicted molar refractivity (Wildman–Crippen MR) is 49.1 cm³/mol. The maximum atomic E-state index is 2.44. The van der Waals surface area contributed by atoms with E-state index in [1.165, 1.54) is 31.7 Å². The fourth-order valence-electron chi connectivity index (χ4n) is 1.79. The van der Waals surface area contributed by atoms with Crippen LogP contribution in [0.25, 0.3) is 0 Å². The van der Waals surface area contributed by atoms with Gasteiger partial charge >= 0.3 is 0 Å². The quantitative estimate of drug-likeness (QED) is 0.479. The van der Waals surface area contributed by atoms with Crippen LogP contribution in [0, 0.1) is 0 Å². The molecule has 0 radical (unpaired) electrons. The van der Waals surface area contributed by atoms with E-state index in [4.69, 9.17) is 0 Å². The van der Waals surface area contributed by atoms with Gasteiger partial charge in [-0.1, -0.05) is 6.07 Å². The molecule has 1 fully saturated rings. The molecule has 0 aliphatic carbocycles. The first-order valence-electron chi connectivity index (χ1n) is 4.57. The lowest BCUT2D eigenvalue weighted by Crippen LogP contribution is -3.00. The Bertz CT molecular complexity index is 269. The lowest BCUT2D eigenvalue weighted by Gasteiger charge is -2.10. The summed E-state index contributed by atoms with van der Waals surface area (Å²) in [5.41, 5.74) is 0. The third kappa shape index (κ3) is 2.13. The van der Waals surface area contributed by atoms with Gasteiger partial charge in [0.1, 0.15) is 0 Å². The van der Waals surface area contributed by atoms with Gasteiger partial charge in [-0.25, -0.2) is 4.57 Å². The number of aryl methyl sites for hydroxylation is 1. The Morgan fingerprint density at radius 1 is 1.23 bits per heavy atom. The topological polar surface area (TPSA) is 7.12 Å². The van der Waals surface area contributed by atoms with Crippen LogP contribution >= 0.6 is 0 Å². The van der Waals surface area contributed by atoms with Gasteiger partial charge in [-0.05, 0) is 18.9 Å². The van der Waals surface area contributed by atoms with Crippen LogP contribution in [0.3, 0.4) is 0 Å². The van der Waals surface area contributed by atoms with Crippen molar-refractivity contribution in [1.29, 1.82) is 0 Å². The van der Waals surface area contributed by atoms with Crippen molar-refractivity contribution in [2.24, 2.45) is 7.05 Å². The van der Waals surface area contributed by atoms with Crippen molar-refractivity contribution in [1.82, 2.24) is 0 Å². The number of rotatable bonds is 1. The lowest BCUT2D eigenvalue weighted by atomic mass is 10.4. The van der Waals surface area contributed by atoms with E-state index >= 15 is 0 Å². The van der Waals surface area contributed by atoms with Crippen molar-refractivity contribution in [3.8, 4) is 0 Å². The molecule has 0 atom stereocenters. The SMILES string of the molecule is C[n+]1ccccc1N1CCCC1.[Cl-]. The first kappa shape index (κ1) is 10.3. The monoisotopic (exact) mass is 198 g/mol. The van der Waals surface area contributed by atoms with E-state index in [2.05, 4.69) is 40.9 Å². The first-order valence-corrected chi connectivity index (χ1v) is 4.57. The molecule has 1 aromatic heterocycles. The van der Waals surface area contributed by atoms with E-state index in [0.29, 0.717) is 0 Å². The zero-order valence-electron chi connectivity index (χ0n) is 7.91. The molecule has 0 bridgehead atoms. The first-order chi connectivity index (χ1) is 5.88. The minimum atomic E-state index is 0. The average Bonchev–Trinajstić information content (AvgIpc) is 2.57. The summed E-state index contributed by atoms with van der Waals surface area (Å²) in [5, 5.41) is 0. The number of hydrogen-bond acceptors (Lipinski definition) is 1. The molecule has 2 heterocycles. The smallest absolute Gasteiger partial charge is 0.276 e. The van der Waals surface area contributed by atoms with E-state index < -0.39 is 0 Å². The molecular formula is C10H15ClN2. The summed E-state index contributed by atoms with van der Waals surface area (Å²) in [4.78, 5) is 2.44. The van der Waals surface area contributed by atoms with Crippen LogP contribution in [0.5, 0.6) is 0 Å². The van der Waals surface area contributed by atoms with Crippen molar-refractivity contribution in [3.05, 3.63) is 24.4 Å². The Hall–Kier alpha value is -0.760. The van der Waals surface area contributed by atoms with Crippen LogP contribution in [-0.2, 0) is 7.05 Å². The van der Waals surface area contributed by atoms with Crippen molar-refractivity contribution >= 4 is 5.82 Å². The minimum Gasteiger partial charge on any atom is -1.00 e. The fraction of sp³-hybridized carbons (Fsp3) is 0.500. The van der Waals surface area contributed by atoms with Crippen LogP contribution < -0.4 is 21.9 Å². The Morgan fingerprint density at radius 3 is 2.54 bits per heavy atom. The normalized spacial score (nSPS) is 15.6. The molecule has 72 valence electrons. The molecular weight excluding hydrogens is 184 g/mol. The summed E-state index contributed by atoms with van der Waals surface area (Å²) in [5.74, 6) is 1.34. The Labute approximate surface area is 85.6 Å². The van der Waals surface area contributed by atoms with E-state index in [1.807, 2.05) is 0 Å². The Kier molecular flexibility index (Phi) is 3.55. The molecule has 0 N–H and O–H groups in total. The molecule has 0 aromatic carbocycles. The summed E-state index contributed by atoms with van der Waals surface area (Å²) >= 11 is 0. The number of hydrogen-bond donors (Lipinski definition) is 0. The molecule has 0 spiro atoms. The second-order valence-electron chi connectivity index (χ2n) is 3.36. The van der Waals surface area contributed by atoms with Gasteiger partial charge in [-0.3, -0.25) is 4.90 Å². The highest BCUT2D eigenvalue weighted by Gasteiger charge is 2.20. The zero-order chi connectivity index (χ0) is 8.39. The van der Waals surface area contributed by atoms with Crippen LogP contribution in [0.2, 0.25) is 0 Å². The Morgan fingerprint density at radius 2 is 1.92 bits per heavy atom. The summed E-state index contributed by atoms with van der Waals surface area (Å²) < 4.78 is 2.19. The molecule has 0 amide bonds. The number of nitrogens with zero attached hydrogens (tertiary/aromatic N) is 2. The van der Waals surface area contributed by atoms with Crippen molar-refractivity contribution in [2.75, 3.05) is 18.0 Å². The van der Waals surface area contributed by atoms with Crippen molar-refractivity contribution in [2.45, 2.75) is 12.8 Å². The van der Waals surface area contributed by atoms with Gasteiger partial charge in [0.05, 0.1) is 26.3 Å². The summed E-state index contributed by atoms with van der Waals surface area (Å²) in [6.45, 7) is 2.44. The molecule has 1 aromatic rings. The van der Waals surface area contributed by atoms with E-state index in [0.717, 1.165) is 0 Å². The summed E-state index contributed by atoms with van der Waals surface area (Å²) in [6, 6.07) is 6.36. The van der Waals surface area contributed by atoms with E-state index in [-0.39, 0.29) is 12.4 Å². The van der Waals surface area contributed by atoms with Crippen LogP contribution in [0.15, 0.2) is 24.4 Å².